The van der Waals surface area contributed by atoms with E-state index < -0.39 is 24.3 Å². The number of aliphatic hydroxyl groups is 1. The van der Waals surface area contributed by atoms with Gasteiger partial charge in [-0.25, -0.2) is 14.6 Å². The first-order valence-corrected chi connectivity index (χ1v) is 16.5. The number of phenolic OH excluding ortho intramolecular Hbond substituents is 1. The zero-order valence-electron chi connectivity index (χ0n) is 28.6. The number of hydrogen-bond donors (Lipinski definition) is 6. The molecule has 54 heavy (non-hydrogen) atoms. The number of nitrogens with one attached hydrogen (secondary N) is 1. The molecule has 1 amide bonds. The number of nitrogens with two attached hydrogens (primary N) is 1. The summed E-state index contributed by atoms with van der Waals surface area (Å²) in [5.74, 6) is -5.46. The third kappa shape index (κ3) is 12.0. The van der Waals surface area contributed by atoms with E-state index in [2.05, 4.69) is 26.2 Å². The van der Waals surface area contributed by atoms with Crippen LogP contribution in [0, 0.1) is 11.3 Å². The Balaban J connectivity index is 0.000000476. The van der Waals surface area contributed by atoms with Crippen molar-refractivity contribution < 1.29 is 61.2 Å². The number of nitrogen functional groups attached to an aromatic ring is 1. The summed E-state index contributed by atoms with van der Waals surface area (Å²) in [7, 11) is 0. The molecule has 2 aliphatic rings. The zero-order chi connectivity index (χ0) is 40.2. The number of pyridine rings is 1. The maximum Gasteiger partial charge on any atom is 0.490 e. The van der Waals surface area contributed by atoms with Crippen LogP contribution in [0.25, 0.3) is 22.4 Å². The maximum absolute atomic E-state index is 13.2. The van der Waals surface area contributed by atoms with Gasteiger partial charge in [0.25, 0.3) is 0 Å². The summed E-state index contributed by atoms with van der Waals surface area (Å²) >= 11 is 0. The average Bonchev–Trinajstić information content (AvgIpc) is 3.59. The molecule has 2 saturated heterocycles. The summed E-state index contributed by atoms with van der Waals surface area (Å²) in [4.78, 5) is 39.8. The fourth-order valence-corrected chi connectivity index (χ4v) is 5.79. The molecule has 292 valence electrons. The molecule has 0 aliphatic carbocycles. The van der Waals surface area contributed by atoms with E-state index in [-0.39, 0.29) is 35.7 Å². The van der Waals surface area contributed by atoms with Gasteiger partial charge in [-0.3, -0.25) is 4.79 Å². The van der Waals surface area contributed by atoms with Gasteiger partial charge in [-0.05, 0) is 74.7 Å². The molecule has 2 aliphatic heterocycles. The van der Waals surface area contributed by atoms with Crippen LogP contribution in [0.15, 0.2) is 48.5 Å². The molecule has 19 heteroatoms. The van der Waals surface area contributed by atoms with E-state index in [1.54, 1.807) is 30.3 Å². The van der Waals surface area contributed by atoms with Gasteiger partial charge in [0.15, 0.2) is 0 Å². The number of hydrogen-bond acceptors (Lipinski definition) is 10. The number of carbonyl (C=O) groups is 3. The summed E-state index contributed by atoms with van der Waals surface area (Å²) in [6.45, 7) is 3.59. The molecule has 0 saturated carbocycles. The molecule has 0 unspecified atom stereocenters. The Bertz CT molecular complexity index is 1800. The van der Waals surface area contributed by atoms with Crippen molar-refractivity contribution in [3.63, 3.8) is 0 Å². The lowest BCUT2D eigenvalue weighted by molar-refractivity contribution is -0.193. The largest absolute Gasteiger partial charge is 0.507 e. The number of anilines is 3. The van der Waals surface area contributed by atoms with Crippen molar-refractivity contribution >= 4 is 35.0 Å². The molecule has 2 aromatic carbocycles. The summed E-state index contributed by atoms with van der Waals surface area (Å²) < 4.78 is 63.5. The average molecular weight is 769 g/mol. The quantitative estimate of drug-likeness (QED) is 0.154. The first-order chi connectivity index (χ1) is 25.4. The van der Waals surface area contributed by atoms with Crippen molar-refractivity contribution in [2.45, 2.75) is 56.9 Å². The van der Waals surface area contributed by atoms with E-state index in [0.29, 0.717) is 41.0 Å². The number of para-hydroxylation sites is 1. The van der Waals surface area contributed by atoms with Gasteiger partial charge in [0.05, 0.1) is 29.7 Å². The Kier molecular flexibility index (Phi) is 15.0. The number of carboxylic acids is 2. The van der Waals surface area contributed by atoms with Crippen LogP contribution in [-0.2, 0) is 14.4 Å². The zero-order valence-corrected chi connectivity index (χ0v) is 28.6. The SMILES string of the molecule is N#Cc1c(-c2ccc(N3CCC[C@H]3CO)c(NC(=O)CCN3CCCCC3)c2)cc(-c2ccccc2O)nc1N.O=C(O)C(F)(F)F.O=C(O)C(F)(F)F. The smallest absolute Gasteiger partial charge is 0.490 e. The number of carbonyl (C=O) groups excluding carboxylic acids is 1. The number of alkyl halides is 6. The van der Waals surface area contributed by atoms with E-state index >= 15 is 0 Å². The second-order valence-electron chi connectivity index (χ2n) is 12.2. The molecule has 0 radical (unpaired) electrons. The Morgan fingerprint density at radius 1 is 0.907 bits per heavy atom. The second kappa shape index (κ2) is 18.9. The number of benzene rings is 2. The van der Waals surface area contributed by atoms with Crippen LogP contribution in [0.1, 0.15) is 44.1 Å². The molecule has 1 atom stereocenters. The van der Waals surface area contributed by atoms with E-state index in [1.165, 1.54) is 19.3 Å². The maximum atomic E-state index is 13.2. The molecule has 1 aromatic heterocycles. The number of nitrogens with zero attached hydrogens (tertiary/aromatic N) is 4. The number of aromatic hydroxyl groups is 1. The minimum Gasteiger partial charge on any atom is -0.507 e. The number of aromatic nitrogens is 1. The molecule has 5 rings (SSSR count). The molecular weight excluding hydrogens is 730 g/mol. The summed E-state index contributed by atoms with van der Waals surface area (Å²) in [5, 5.41) is 47.7. The monoisotopic (exact) mass is 768 g/mol. The molecule has 3 aromatic rings. The number of carboxylic acid groups (broad SMARTS) is 2. The summed E-state index contributed by atoms with van der Waals surface area (Å²) in [6.07, 6.45) is -4.36. The van der Waals surface area contributed by atoms with Crippen LogP contribution in [0.2, 0.25) is 0 Å². The van der Waals surface area contributed by atoms with Crippen molar-refractivity contribution in [3.8, 4) is 34.2 Å². The molecule has 7 N–H and O–H groups in total. The third-order valence-corrected chi connectivity index (χ3v) is 8.41. The van der Waals surface area contributed by atoms with Crippen LogP contribution in [-0.4, -0.2) is 99.3 Å². The number of nitriles is 1. The van der Waals surface area contributed by atoms with Crippen LogP contribution in [0.5, 0.6) is 5.75 Å². The van der Waals surface area contributed by atoms with E-state index in [9.17, 15) is 46.6 Å². The van der Waals surface area contributed by atoms with Crippen molar-refractivity contribution in [1.29, 1.82) is 5.26 Å². The molecular formula is C35H38F6N6O7. The lowest BCUT2D eigenvalue weighted by atomic mass is 9.97. The number of amides is 1. The minimum atomic E-state index is -5.08. The molecule has 3 heterocycles. The standard InChI is InChI=1S/C31H36N6O3.2C2HF3O2/c32-19-25-24(18-26(35-31(25)33)23-8-2-3-9-29(23)39)21-10-11-28(37-15-6-7-22(37)20-38)27(17-21)34-30(40)12-16-36-13-4-1-5-14-36;2*3-2(4,5)1(6)7/h2-3,8-11,17-18,22,38-39H,1,4-7,12-16,20H2,(H2,33,35)(H,34,40);2*(H,6,7)/t22-;;/m0../s1. The summed E-state index contributed by atoms with van der Waals surface area (Å²) in [5.41, 5.74) is 10.1. The van der Waals surface area contributed by atoms with Gasteiger partial charge in [-0.1, -0.05) is 24.6 Å². The third-order valence-electron chi connectivity index (χ3n) is 8.41. The van der Waals surface area contributed by atoms with Gasteiger partial charge in [0.1, 0.15) is 23.2 Å². The highest BCUT2D eigenvalue weighted by atomic mass is 19.4. The van der Waals surface area contributed by atoms with Gasteiger partial charge in [0.2, 0.25) is 5.91 Å². The molecule has 2 fully saturated rings. The van der Waals surface area contributed by atoms with Gasteiger partial charge in [-0.15, -0.1) is 0 Å². The number of aliphatic hydroxyl groups excluding tert-OH is 1. The topological polar surface area (TPSA) is 213 Å². The van der Waals surface area contributed by atoms with Gasteiger partial charge in [-0.2, -0.15) is 31.6 Å². The predicted molar refractivity (Wildman–Crippen MR) is 184 cm³/mol. The highest BCUT2D eigenvalue weighted by Gasteiger charge is 2.39. The minimum absolute atomic E-state index is 0.0197. The fourth-order valence-electron chi connectivity index (χ4n) is 5.79. The van der Waals surface area contributed by atoms with Crippen molar-refractivity contribution in [2.24, 2.45) is 0 Å². The number of rotatable bonds is 8. The van der Waals surface area contributed by atoms with Crippen LogP contribution in [0.3, 0.4) is 0 Å². The highest BCUT2D eigenvalue weighted by molar-refractivity contribution is 5.96. The highest BCUT2D eigenvalue weighted by Crippen LogP contribution is 2.39. The number of halogens is 6. The number of likely N-dealkylation sites (tertiary alicyclic amines) is 1. The Morgan fingerprint density at radius 2 is 1.52 bits per heavy atom. The van der Waals surface area contributed by atoms with Crippen molar-refractivity contribution in [3.05, 3.63) is 54.1 Å². The van der Waals surface area contributed by atoms with Crippen LogP contribution < -0.4 is 16.0 Å². The Morgan fingerprint density at radius 3 is 2.07 bits per heavy atom. The normalized spacial score (nSPS) is 15.9. The lowest BCUT2D eigenvalue weighted by Gasteiger charge is -2.29. The van der Waals surface area contributed by atoms with Crippen LogP contribution in [0.4, 0.5) is 43.5 Å². The van der Waals surface area contributed by atoms with Crippen LogP contribution >= 0.6 is 0 Å². The first-order valence-electron chi connectivity index (χ1n) is 16.5. The van der Waals surface area contributed by atoms with E-state index in [0.717, 1.165) is 38.2 Å². The van der Waals surface area contributed by atoms with Crippen molar-refractivity contribution in [2.75, 3.05) is 48.7 Å². The number of phenols is 1. The second-order valence-corrected chi connectivity index (χ2v) is 12.2. The lowest BCUT2D eigenvalue weighted by Crippen LogP contribution is -2.34. The molecule has 0 bridgehead atoms. The van der Waals surface area contributed by atoms with Gasteiger partial charge in [0, 0.05) is 30.6 Å². The predicted octanol–water partition coefficient (Wildman–Crippen LogP) is 5.62. The first kappa shape index (κ1) is 42.8. The number of piperidine rings is 1. The molecule has 13 nitrogen and oxygen atoms in total. The van der Waals surface area contributed by atoms with E-state index in [4.69, 9.17) is 25.5 Å². The van der Waals surface area contributed by atoms with E-state index in [1.807, 2.05) is 18.2 Å². The molecule has 0 spiro atoms. The fraction of sp³-hybridized carbons (Fsp3) is 0.400. The van der Waals surface area contributed by atoms with Crippen molar-refractivity contribution in [1.82, 2.24) is 9.88 Å². The Hall–Kier alpha value is -5.61. The van der Waals surface area contributed by atoms with Gasteiger partial charge >= 0.3 is 24.3 Å². The Labute approximate surface area is 305 Å². The summed E-state index contributed by atoms with van der Waals surface area (Å²) in [6, 6.07) is 16.4. The number of aliphatic carboxylic acids is 2. The van der Waals surface area contributed by atoms with Gasteiger partial charge < -0.3 is 41.3 Å².